The first-order valence-electron chi connectivity index (χ1n) is 8.41. The Labute approximate surface area is 152 Å². The molecule has 0 bridgehead atoms. The molecule has 1 fully saturated rings. The van der Waals surface area contributed by atoms with Crippen molar-refractivity contribution in [3.63, 3.8) is 0 Å². The lowest BCUT2D eigenvalue weighted by atomic mass is 10.0. The topological polar surface area (TPSA) is 82.4 Å². The molecule has 0 aromatic heterocycles. The number of hydrogen-bond acceptors (Lipinski definition) is 4. The molecule has 0 spiro atoms. The van der Waals surface area contributed by atoms with Crippen LogP contribution >= 0.6 is 11.6 Å². The van der Waals surface area contributed by atoms with Gasteiger partial charge in [0.1, 0.15) is 12.2 Å². The van der Waals surface area contributed by atoms with Gasteiger partial charge in [0.15, 0.2) is 0 Å². The molecule has 1 aliphatic heterocycles. The maximum atomic E-state index is 12.2. The standard InChI is InChI=1S/C18H22ClN3O3/c19-15-4-1-2-5-16(15)25-13-3-6-18(24)22-11-8-14(9-12-22)21-17(23)7-10-20/h1-2,4-5,14H,3,6-9,11-13H2,(H,21,23). The average Bonchev–Trinajstić information content (AvgIpc) is 2.61. The van der Waals surface area contributed by atoms with Crippen molar-refractivity contribution in [2.45, 2.75) is 38.1 Å². The van der Waals surface area contributed by atoms with Crippen molar-refractivity contribution in [3.05, 3.63) is 29.3 Å². The summed E-state index contributed by atoms with van der Waals surface area (Å²) >= 11 is 6.01. The van der Waals surface area contributed by atoms with E-state index in [1.807, 2.05) is 23.1 Å². The molecule has 1 aromatic carbocycles. The molecule has 1 N–H and O–H groups in total. The van der Waals surface area contributed by atoms with Crippen LogP contribution in [0.4, 0.5) is 0 Å². The zero-order chi connectivity index (χ0) is 18.1. The highest BCUT2D eigenvalue weighted by atomic mass is 35.5. The molecule has 0 atom stereocenters. The molecule has 6 nitrogen and oxygen atoms in total. The summed E-state index contributed by atoms with van der Waals surface area (Å²) in [5.41, 5.74) is 0. The number of amides is 2. The van der Waals surface area contributed by atoms with E-state index in [1.54, 1.807) is 12.1 Å². The minimum atomic E-state index is -0.246. The van der Waals surface area contributed by atoms with E-state index < -0.39 is 0 Å². The maximum absolute atomic E-state index is 12.2. The molecule has 134 valence electrons. The SMILES string of the molecule is N#CCC(=O)NC1CCN(C(=O)CCCOc2ccccc2Cl)CC1. The number of carbonyl (C=O) groups is 2. The lowest BCUT2D eigenvalue weighted by molar-refractivity contribution is -0.132. The maximum Gasteiger partial charge on any atom is 0.234 e. The van der Waals surface area contributed by atoms with Gasteiger partial charge in [-0.15, -0.1) is 0 Å². The van der Waals surface area contributed by atoms with E-state index in [1.165, 1.54) is 0 Å². The van der Waals surface area contributed by atoms with Crippen LogP contribution in [0.25, 0.3) is 0 Å². The fraction of sp³-hybridized carbons (Fsp3) is 0.500. The second-order valence-corrected chi connectivity index (χ2v) is 6.35. The van der Waals surface area contributed by atoms with Gasteiger partial charge in [-0.2, -0.15) is 5.26 Å². The number of carbonyl (C=O) groups excluding carboxylic acids is 2. The number of nitrogens with zero attached hydrogens (tertiary/aromatic N) is 2. The third-order valence-electron chi connectivity index (χ3n) is 4.08. The van der Waals surface area contributed by atoms with Crippen molar-refractivity contribution in [1.82, 2.24) is 10.2 Å². The highest BCUT2D eigenvalue weighted by Gasteiger charge is 2.23. The van der Waals surface area contributed by atoms with Crippen LogP contribution in [0.1, 0.15) is 32.1 Å². The number of piperidine rings is 1. The quantitative estimate of drug-likeness (QED) is 0.754. The number of likely N-dealkylation sites (tertiary alicyclic amines) is 1. The molecular formula is C18H22ClN3O3. The van der Waals surface area contributed by atoms with Crippen LogP contribution in [0, 0.1) is 11.3 Å². The Kier molecular flexibility index (Phi) is 7.55. The van der Waals surface area contributed by atoms with E-state index in [-0.39, 0.29) is 24.3 Å². The lowest BCUT2D eigenvalue weighted by Gasteiger charge is -2.32. The molecule has 1 aromatic rings. The zero-order valence-corrected chi connectivity index (χ0v) is 14.8. The normalized spacial score (nSPS) is 14.6. The van der Waals surface area contributed by atoms with Crippen molar-refractivity contribution in [2.75, 3.05) is 19.7 Å². The fourth-order valence-corrected chi connectivity index (χ4v) is 2.94. The first-order valence-corrected chi connectivity index (χ1v) is 8.79. The predicted octanol–water partition coefficient (Wildman–Crippen LogP) is 2.52. The highest BCUT2D eigenvalue weighted by Crippen LogP contribution is 2.23. The van der Waals surface area contributed by atoms with Crippen LogP contribution in [0.5, 0.6) is 5.75 Å². The molecule has 0 saturated carbocycles. The van der Waals surface area contributed by atoms with Crippen molar-refractivity contribution in [1.29, 1.82) is 5.26 Å². The van der Waals surface area contributed by atoms with Crippen LogP contribution in [0.2, 0.25) is 5.02 Å². The van der Waals surface area contributed by atoms with E-state index in [9.17, 15) is 9.59 Å². The van der Waals surface area contributed by atoms with Gasteiger partial charge >= 0.3 is 0 Å². The van der Waals surface area contributed by atoms with Gasteiger partial charge in [0, 0.05) is 25.6 Å². The van der Waals surface area contributed by atoms with Crippen molar-refractivity contribution < 1.29 is 14.3 Å². The third-order valence-corrected chi connectivity index (χ3v) is 4.39. The molecule has 2 rings (SSSR count). The Bertz CT molecular complexity index is 637. The van der Waals surface area contributed by atoms with Crippen molar-refractivity contribution >= 4 is 23.4 Å². The molecular weight excluding hydrogens is 342 g/mol. The first kappa shape index (κ1) is 19.1. The van der Waals surface area contributed by atoms with Gasteiger partial charge in [-0.05, 0) is 31.4 Å². The second-order valence-electron chi connectivity index (χ2n) is 5.94. The monoisotopic (exact) mass is 363 g/mol. The number of benzene rings is 1. The van der Waals surface area contributed by atoms with E-state index in [0.717, 1.165) is 12.8 Å². The minimum absolute atomic E-state index is 0.0495. The molecule has 2 amide bonds. The summed E-state index contributed by atoms with van der Waals surface area (Å²) in [5, 5.41) is 11.9. The number of halogens is 1. The van der Waals surface area contributed by atoms with Crippen molar-refractivity contribution in [2.24, 2.45) is 0 Å². The van der Waals surface area contributed by atoms with E-state index in [0.29, 0.717) is 43.3 Å². The third kappa shape index (κ3) is 6.28. The number of ether oxygens (including phenoxy) is 1. The van der Waals surface area contributed by atoms with Gasteiger partial charge in [0.05, 0.1) is 17.7 Å². The Morgan fingerprint density at radius 2 is 2.04 bits per heavy atom. The Morgan fingerprint density at radius 3 is 2.72 bits per heavy atom. The highest BCUT2D eigenvalue weighted by molar-refractivity contribution is 6.32. The summed E-state index contributed by atoms with van der Waals surface area (Å²) in [6.07, 6.45) is 2.38. The van der Waals surface area contributed by atoms with Crippen molar-refractivity contribution in [3.8, 4) is 11.8 Å². The summed E-state index contributed by atoms with van der Waals surface area (Å²) in [7, 11) is 0. The van der Waals surface area contributed by atoms with Gasteiger partial charge in [0.2, 0.25) is 11.8 Å². The summed E-state index contributed by atoms with van der Waals surface area (Å²) in [6.45, 7) is 1.69. The Hall–Kier alpha value is -2.26. The molecule has 0 unspecified atom stereocenters. The summed E-state index contributed by atoms with van der Waals surface area (Å²) < 4.78 is 5.58. The molecule has 0 radical (unpaired) electrons. The van der Waals surface area contributed by atoms with E-state index in [4.69, 9.17) is 21.6 Å². The fourth-order valence-electron chi connectivity index (χ4n) is 2.75. The Balaban J connectivity index is 1.63. The van der Waals surface area contributed by atoms with Crippen LogP contribution in [0.3, 0.4) is 0 Å². The average molecular weight is 364 g/mol. The first-order chi connectivity index (χ1) is 12.1. The van der Waals surface area contributed by atoms with Crippen LogP contribution in [0.15, 0.2) is 24.3 Å². The van der Waals surface area contributed by atoms with Gasteiger partial charge in [-0.25, -0.2) is 0 Å². The lowest BCUT2D eigenvalue weighted by Crippen LogP contribution is -2.46. The summed E-state index contributed by atoms with van der Waals surface area (Å²) in [6, 6.07) is 9.14. The minimum Gasteiger partial charge on any atom is -0.492 e. The number of nitrogens with one attached hydrogen (secondary N) is 1. The largest absolute Gasteiger partial charge is 0.492 e. The van der Waals surface area contributed by atoms with Crippen LogP contribution in [-0.4, -0.2) is 42.5 Å². The zero-order valence-electron chi connectivity index (χ0n) is 14.0. The molecule has 1 heterocycles. The molecule has 25 heavy (non-hydrogen) atoms. The smallest absolute Gasteiger partial charge is 0.234 e. The molecule has 1 saturated heterocycles. The number of hydrogen-bond donors (Lipinski definition) is 1. The molecule has 1 aliphatic rings. The van der Waals surface area contributed by atoms with Gasteiger partial charge in [-0.1, -0.05) is 23.7 Å². The van der Waals surface area contributed by atoms with E-state index >= 15 is 0 Å². The number of nitriles is 1. The number of rotatable bonds is 7. The van der Waals surface area contributed by atoms with Gasteiger partial charge in [0.25, 0.3) is 0 Å². The van der Waals surface area contributed by atoms with E-state index in [2.05, 4.69) is 5.32 Å². The molecule has 7 heteroatoms. The predicted molar refractivity (Wildman–Crippen MR) is 94.2 cm³/mol. The van der Waals surface area contributed by atoms with Gasteiger partial charge < -0.3 is 15.0 Å². The summed E-state index contributed by atoms with van der Waals surface area (Å²) in [5.74, 6) is 0.485. The number of para-hydroxylation sites is 1. The van der Waals surface area contributed by atoms with Crippen LogP contribution < -0.4 is 10.1 Å². The molecule has 0 aliphatic carbocycles. The van der Waals surface area contributed by atoms with Crippen LogP contribution in [-0.2, 0) is 9.59 Å². The summed E-state index contributed by atoms with van der Waals surface area (Å²) in [4.78, 5) is 25.4. The second kappa shape index (κ2) is 9.90. The Morgan fingerprint density at radius 1 is 1.32 bits per heavy atom. The van der Waals surface area contributed by atoms with Gasteiger partial charge in [-0.3, -0.25) is 9.59 Å².